The number of benzene rings is 2. The summed E-state index contributed by atoms with van der Waals surface area (Å²) in [6, 6.07) is 15.5. The third-order valence-corrected chi connectivity index (χ3v) is 3.55. The average molecular weight is 294 g/mol. The number of ether oxygens (including phenoxy) is 2. The van der Waals surface area contributed by atoms with Crippen LogP contribution >= 0.6 is 0 Å². The fourth-order valence-corrected chi connectivity index (χ4v) is 2.44. The van der Waals surface area contributed by atoms with Crippen LogP contribution in [0.5, 0.6) is 5.75 Å². The molecule has 22 heavy (non-hydrogen) atoms. The first-order valence-corrected chi connectivity index (χ1v) is 7.52. The summed E-state index contributed by atoms with van der Waals surface area (Å²) in [5, 5.41) is 0. The number of hydrogen-bond donors (Lipinski definition) is 0. The first kappa shape index (κ1) is 14.4. The predicted molar refractivity (Wildman–Crippen MR) is 85.5 cm³/mol. The summed E-state index contributed by atoms with van der Waals surface area (Å²) in [6.45, 7) is 2.52. The predicted octanol–water partition coefficient (Wildman–Crippen LogP) is 4.58. The molecule has 0 amide bonds. The lowest BCUT2D eigenvalue weighted by molar-refractivity contribution is 0.0711. The van der Waals surface area contributed by atoms with Crippen LogP contribution < -0.4 is 4.74 Å². The van der Waals surface area contributed by atoms with Crippen molar-refractivity contribution < 1.29 is 14.3 Å². The van der Waals surface area contributed by atoms with Crippen molar-refractivity contribution in [2.75, 3.05) is 0 Å². The minimum absolute atomic E-state index is 0.332. The van der Waals surface area contributed by atoms with Crippen molar-refractivity contribution in [2.24, 2.45) is 0 Å². The van der Waals surface area contributed by atoms with E-state index < -0.39 is 0 Å². The van der Waals surface area contributed by atoms with E-state index >= 15 is 0 Å². The van der Waals surface area contributed by atoms with Gasteiger partial charge in [0, 0.05) is 5.56 Å². The third kappa shape index (κ3) is 2.89. The molecule has 2 aromatic carbocycles. The van der Waals surface area contributed by atoms with Gasteiger partial charge in [0.05, 0.1) is 0 Å². The molecule has 0 radical (unpaired) electrons. The number of rotatable bonds is 5. The topological polar surface area (TPSA) is 35.5 Å². The molecule has 1 aliphatic heterocycles. The molecule has 0 aliphatic carbocycles. The quantitative estimate of drug-likeness (QED) is 0.757. The van der Waals surface area contributed by atoms with E-state index in [0.717, 1.165) is 24.0 Å². The van der Waals surface area contributed by atoms with E-state index in [-0.39, 0.29) is 5.97 Å². The van der Waals surface area contributed by atoms with Gasteiger partial charge >= 0.3 is 5.97 Å². The summed E-state index contributed by atoms with van der Waals surface area (Å²) in [4.78, 5) is 12.1. The number of carbonyl (C=O) groups is 1. The monoisotopic (exact) mass is 294 g/mol. The number of unbranched alkanes of at least 4 members (excludes halogenated alkanes) is 1. The molecular formula is C19H18O3. The van der Waals surface area contributed by atoms with Crippen LogP contribution in [0.1, 0.15) is 41.3 Å². The summed E-state index contributed by atoms with van der Waals surface area (Å²) in [5.74, 6) is 0.888. The largest absolute Gasteiger partial charge is 0.488 e. The molecular weight excluding hydrogens is 276 g/mol. The van der Waals surface area contributed by atoms with Crippen molar-refractivity contribution in [3.05, 3.63) is 71.3 Å². The number of allylic oxidation sites excluding steroid dienone is 1. The normalized spacial score (nSPS) is 14.8. The molecule has 112 valence electrons. The Kier molecular flexibility index (Phi) is 4.24. The average Bonchev–Trinajstić information content (AvgIpc) is 2.89. The van der Waals surface area contributed by atoms with E-state index in [1.807, 2.05) is 54.6 Å². The van der Waals surface area contributed by atoms with Gasteiger partial charge in [-0.3, -0.25) is 0 Å². The maximum absolute atomic E-state index is 12.1. The molecule has 0 N–H and O–H groups in total. The van der Waals surface area contributed by atoms with E-state index in [4.69, 9.17) is 9.47 Å². The second-order valence-electron chi connectivity index (χ2n) is 5.20. The van der Waals surface area contributed by atoms with Crippen LogP contribution in [0.3, 0.4) is 0 Å². The lowest BCUT2D eigenvalue weighted by atomic mass is 10.1. The maximum atomic E-state index is 12.1. The molecule has 0 bridgehead atoms. The van der Waals surface area contributed by atoms with Gasteiger partial charge in [0.15, 0.2) is 0 Å². The molecule has 0 saturated heterocycles. The number of esters is 1. The first-order valence-electron chi connectivity index (χ1n) is 7.52. The highest BCUT2D eigenvalue weighted by Crippen LogP contribution is 2.36. The zero-order valence-electron chi connectivity index (χ0n) is 12.5. The first-order chi connectivity index (χ1) is 10.8. The van der Waals surface area contributed by atoms with Gasteiger partial charge in [-0.05, 0) is 24.1 Å². The van der Waals surface area contributed by atoms with E-state index in [0.29, 0.717) is 23.7 Å². The molecule has 3 nitrogen and oxygen atoms in total. The van der Waals surface area contributed by atoms with E-state index in [1.54, 1.807) is 0 Å². The molecule has 0 atom stereocenters. The third-order valence-electron chi connectivity index (χ3n) is 3.55. The van der Waals surface area contributed by atoms with Crippen LogP contribution in [-0.4, -0.2) is 5.97 Å². The second kappa shape index (κ2) is 6.48. The Balaban J connectivity index is 1.85. The Hall–Kier alpha value is -2.55. The molecule has 1 aliphatic rings. The van der Waals surface area contributed by atoms with Gasteiger partial charge in [0.2, 0.25) is 0 Å². The van der Waals surface area contributed by atoms with Crippen molar-refractivity contribution in [3.8, 4) is 5.75 Å². The fourth-order valence-electron chi connectivity index (χ4n) is 2.44. The van der Waals surface area contributed by atoms with Crippen LogP contribution in [0.25, 0.3) is 5.76 Å². The molecule has 2 aromatic rings. The van der Waals surface area contributed by atoms with Crippen molar-refractivity contribution in [2.45, 2.75) is 26.4 Å². The molecule has 0 unspecified atom stereocenters. The summed E-state index contributed by atoms with van der Waals surface area (Å²) >= 11 is 0. The molecule has 0 spiro atoms. The van der Waals surface area contributed by atoms with Gasteiger partial charge in [0.1, 0.15) is 23.7 Å². The molecule has 1 heterocycles. The second-order valence-corrected chi connectivity index (χ2v) is 5.20. The van der Waals surface area contributed by atoms with Gasteiger partial charge < -0.3 is 9.47 Å². The lowest BCUT2D eigenvalue weighted by Gasteiger charge is -2.08. The van der Waals surface area contributed by atoms with Gasteiger partial charge in [-0.1, -0.05) is 55.8 Å². The van der Waals surface area contributed by atoms with Crippen molar-refractivity contribution in [1.82, 2.24) is 0 Å². The van der Waals surface area contributed by atoms with Crippen LogP contribution in [-0.2, 0) is 11.3 Å². The van der Waals surface area contributed by atoms with Gasteiger partial charge in [-0.25, -0.2) is 4.79 Å². The maximum Gasteiger partial charge on any atom is 0.348 e. The van der Waals surface area contributed by atoms with Gasteiger partial charge in [-0.2, -0.15) is 0 Å². The van der Waals surface area contributed by atoms with E-state index in [1.165, 1.54) is 0 Å². The van der Waals surface area contributed by atoms with Crippen LogP contribution in [0.15, 0.2) is 54.6 Å². The van der Waals surface area contributed by atoms with Crippen LogP contribution in [0.4, 0.5) is 0 Å². The smallest absolute Gasteiger partial charge is 0.348 e. The number of cyclic esters (lactones) is 1. The summed E-state index contributed by atoms with van der Waals surface area (Å²) < 4.78 is 11.2. The molecule has 3 heteroatoms. The van der Waals surface area contributed by atoms with Gasteiger partial charge in [0.25, 0.3) is 0 Å². The Bertz CT molecular complexity index is 702. The highest BCUT2D eigenvalue weighted by Gasteiger charge is 2.29. The highest BCUT2D eigenvalue weighted by atomic mass is 16.5. The number of carbonyl (C=O) groups excluding carboxylic acids is 1. The van der Waals surface area contributed by atoms with E-state index in [2.05, 4.69) is 6.92 Å². The summed E-state index contributed by atoms with van der Waals surface area (Å²) in [7, 11) is 0. The number of hydrogen-bond acceptors (Lipinski definition) is 3. The van der Waals surface area contributed by atoms with E-state index in [9.17, 15) is 4.79 Å². The zero-order valence-corrected chi connectivity index (χ0v) is 12.5. The summed E-state index contributed by atoms with van der Waals surface area (Å²) in [6.07, 6.45) is 3.86. The number of fused-ring (bicyclic) bond motifs is 1. The fraction of sp³-hybridized carbons (Fsp3) is 0.211. The minimum Gasteiger partial charge on any atom is -0.488 e. The molecule has 3 rings (SSSR count). The standard InChI is InChI=1S/C19H18O3/c1-2-3-11-16-15-10-7-12-17(18(15)19(20)22-16)21-13-14-8-5-4-6-9-14/h4-12H,2-3,13H2,1H3. The zero-order chi connectivity index (χ0) is 15.4. The summed E-state index contributed by atoms with van der Waals surface area (Å²) in [5.41, 5.74) is 2.41. The Morgan fingerprint density at radius 1 is 1.09 bits per heavy atom. The van der Waals surface area contributed by atoms with Crippen molar-refractivity contribution in [1.29, 1.82) is 0 Å². The Morgan fingerprint density at radius 3 is 2.68 bits per heavy atom. The van der Waals surface area contributed by atoms with Crippen LogP contribution in [0.2, 0.25) is 0 Å². The highest BCUT2D eigenvalue weighted by molar-refractivity contribution is 6.05. The minimum atomic E-state index is -0.332. The lowest BCUT2D eigenvalue weighted by Crippen LogP contribution is -2.01. The van der Waals surface area contributed by atoms with Gasteiger partial charge in [-0.15, -0.1) is 0 Å². The van der Waals surface area contributed by atoms with Crippen LogP contribution in [0, 0.1) is 0 Å². The Morgan fingerprint density at radius 2 is 1.91 bits per heavy atom. The Labute approximate surface area is 130 Å². The SMILES string of the molecule is CCCC=C1OC(=O)c2c(OCc3ccccc3)cccc21. The molecule has 0 aromatic heterocycles. The molecule has 0 saturated carbocycles. The van der Waals surface area contributed by atoms with Crippen molar-refractivity contribution in [3.63, 3.8) is 0 Å². The van der Waals surface area contributed by atoms with Crippen molar-refractivity contribution >= 4 is 11.7 Å². The molecule has 0 fully saturated rings.